The molecule has 2 heteroatoms. The van der Waals surface area contributed by atoms with E-state index in [1.54, 1.807) is 0 Å². The van der Waals surface area contributed by atoms with E-state index in [0.717, 1.165) is 13.0 Å². The minimum absolute atomic E-state index is 0.0925. The molecule has 2 N–H and O–H groups in total. The number of nitrogens with two attached hydrogens (primary N) is 1. The summed E-state index contributed by atoms with van der Waals surface area (Å²) in [6.45, 7) is 4.80. The van der Waals surface area contributed by atoms with E-state index in [1.165, 1.54) is 5.56 Å². The van der Waals surface area contributed by atoms with Crippen LogP contribution in [0.3, 0.4) is 0 Å². The molecule has 14 heavy (non-hydrogen) atoms. The number of benzene rings is 1. The fourth-order valence-electron chi connectivity index (χ4n) is 1.30. The van der Waals surface area contributed by atoms with Gasteiger partial charge in [0.15, 0.2) is 0 Å². The van der Waals surface area contributed by atoms with Crippen molar-refractivity contribution >= 4 is 0 Å². The largest absolute Gasteiger partial charge is 0.379 e. The van der Waals surface area contributed by atoms with Crippen LogP contribution in [0.2, 0.25) is 0 Å². The third-order valence-electron chi connectivity index (χ3n) is 2.11. The maximum atomic E-state index is 6.00. The minimum Gasteiger partial charge on any atom is -0.379 e. The first-order chi connectivity index (χ1) is 6.70. The summed E-state index contributed by atoms with van der Waals surface area (Å²) in [6.07, 6.45) is 1.17. The number of hydrogen-bond donors (Lipinski definition) is 1. The molecule has 1 aromatic rings. The molecule has 0 aromatic heterocycles. The van der Waals surface area contributed by atoms with Gasteiger partial charge in [-0.3, -0.25) is 0 Å². The summed E-state index contributed by atoms with van der Waals surface area (Å²) in [5, 5.41) is 0. The van der Waals surface area contributed by atoms with Crippen LogP contribution < -0.4 is 5.73 Å². The molecule has 1 aromatic carbocycles. The van der Waals surface area contributed by atoms with Crippen molar-refractivity contribution < 1.29 is 4.74 Å². The van der Waals surface area contributed by atoms with Crippen LogP contribution in [0.25, 0.3) is 0 Å². The Morgan fingerprint density at radius 1 is 1.21 bits per heavy atom. The molecule has 78 valence electrons. The van der Waals surface area contributed by atoms with Gasteiger partial charge in [-0.25, -0.2) is 0 Å². The van der Waals surface area contributed by atoms with Gasteiger partial charge in [0.05, 0.1) is 6.10 Å². The zero-order valence-corrected chi connectivity index (χ0v) is 8.94. The summed E-state index contributed by atoms with van der Waals surface area (Å²) in [4.78, 5) is 0. The Labute approximate surface area is 86.1 Å². The monoisotopic (exact) mass is 193 g/mol. The lowest BCUT2D eigenvalue weighted by molar-refractivity contribution is 0.0736. The van der Waals surface area contributed by atoms with Gasteiger partial charge < -0.3 is 10.5 Å². The van der Waals surface area contributed by atoms with Crippen molar-refractivity contribution in [1.29, 1.82) is 0 Å². The molecule has 1 atom stereocenters. The molecule has 0 saturated heterocycles. The van der Waals surface area contributed by atoms with Crippen LogP contribution in [-0.2, 0) is 4.74 Å². The third kappa shape index (κ3) is 3.90. The molecule has 0 heterocycles. The second kappa shape index (κ2) is 5.78. The highest BCUT2D eigenvalue weighted by Crippen LogP contribution is 2.13. The molecular weight excluding hydrogens is 174 g/mol. The highest BCUT2D eigenvalue weighted by Gasteiger charge is 2.04. The standard InChI is InChI=1S/C12H19NO/c1-10(2)14-9-8-12(13)11-6-4-3-5-7-11/h3-7,10,12H,8-9,13H2,1-2H3. The Morgan fingerprint density at radius 3 is 2.43 bits per heavy atom. The van der Waals surface area contributed by atoms with Crippen molar-refractivity contribution in [2.75, 3.05) is 6.61 Å². The first-order valence-corrected chi connectivity index (χ1v) is 5.12. The Hall–Kier alpha value is -0.860. The van der Waals surface area contributed by atoms with Gasteiger partial charge in [-0.2, -0.15) is 0 Å². The van der Waals surface area contributed by atoms with Gasteiger partial charge in [-0.05, 0) is 25.8 Å². The molecule has 0 fully saturated rings. The Bertz CT molecular complexity index is 246. The summed E-state index contributed by atoms with van der Waals surface area (Å²) < 4.78 is 5.45. The summed E-state index contributed by atoms with van der Waals surface area (Å²) in [5.41, 5.74) is 7.18. The maximum absolute atomic E-state index is 6.00. The molecule has 0 aliphatic rings. The molecule has 0 radical (unpaired) electrons. The molecule has 0 aliphatic carbocycles. The Morgan fingerprint density at radius 2 is 1.86 bits per heavy atom. The fourth-order valence-corrected chi connectivity index (χ4v) is 1.30. The van der Waals surface area contributed by atoms with Gasteiger partial charge in [0, 0.05) is 12.6 Å². The third-order valence-corrected chi connectivity index (χ3v) is 2.11. The van der Waals surface area contributed by atoms with E-state index in [2.05, 4.69) is 12.1 Å². The molecule has 0 aliphatic heterocycles. The molecule has 0 amide bonds. The number of rotatable bonds is 5. The highest BCUT2D eigenvalue weighted by molar-refractivity contribution is 5.18. The molecule has 1 unspecified atom stereocenters. The van der Waals surface area contributed by atoms with Gasteiger partial charge in [0.1, 0.15) is 0 Å². The normalized spacial score (nSPS) is 13.1. The van der Waals surface area contributed by atoms with E-state index in [9.17, 15) is 0 Å². The van der Waals surface area contributed by atoms with Crippen LogP contribution in [-0.4, -0.2) is 12.7 Å². The Kier molecular flexibility index (Phi) is 4.63. The lowest BCUT2D eigenvalue weighted by Crippen LogP contribution is -2.14. The van der Waals surface area contributed by atoms with Crippen molar-refractivity contribution in [1.82, 2.24) is 0 Å². The van der Waals surface area contributed by atoms with Crippen LogP contribution in [0.1, 0.15) is 31.9 Å². The molecule has 0 spiro atoms. The van der Waals surface area contributed by atoms with E-state index in [1.807, 2.05) is 32.0 Å². The van der Waals surface area contributed by atoms with Crippen LogP contribution in [0, 0.1) is 0 Å². The van der Waals surface area contributed by atoms with Crippen LogP contribution in [0.15, 0.2) is 30.3 Å². The van der Waals surface area contributed by atoms with E-state index in [4.69, 9.17) is 10.5 Å². The SMILES string of the molecule is CC(C)OCCC(N)c1ccccc1. The van der Waals surface area contributed by atoms with Crippen LogP contribution in [0.4, 0.5) is 0 Å². The average Bonchev–Trinajstić information content (AvgIpc) is 2.18. The second-order valence-corrected chi connectivity index (χ2v) is 3.73. The summed E-state index contributed by atoms with van der Waals surface area (Å²) in [5.74, 6) is 0. The van der Waals surface area contributed by atoms with Crippen molar-refractivity contribution in [2.24, 2.45) is 5.73 Å². The molecule has 1 rings (SSSR count). The summed E-state index contributed by atoms with van der Waals surface area (Å²) >= 11 is 0. The summed E-state index contributed by atoms with van der Waals surface area (Å²) in [6, 6.07) is 10.2. The molecular formula is C12H19NO. The molecule has 0 saturated carbocycles. The van der Waals surface area contributed by atoms with E-state index in [0.29, 0.717) is 0 Å². The van der Waals surface area contributed by atoms with E-state index < -0.39 is 0 Å². The molecule has 0 bridgehead atoms. The lowest BCUT2D eigenvalue weighted by atomic mass is 10.1. The zero-order valence-electron chi connectivity index (χ0n) is 8.94. The predicted molar refractivity (Wildman–Crippen MR) is 59.1 cm³/mol. The smallest absolute Gasteiger partial charge is 0.0518 e. The molecule has 2 nitrogen and oxygen atoms in total. The first-order valence-electron chi connectivity index (χ1n) is 5.12. The maximum Gasteiger partial charge on any atom is 0.0518 e. The first kappa shape index (κ1) is 11.2. The van der Waals surface area contributed by atoms with Crippen molar-refractivity contribution in [3.05, 3.63) is 35.9 Å². The fraction of sp³-hybridized carbons (Fsp3) is 0.500. The summed E-state index contributed by atoms with van der Waals surface area (Å²) in [7, 11) is 0. The average molecular weight is 193 g/mol. The highest BCUT2D eigenvalue weighted by atomic mass is 16.5. The van der Waals surface area contributed by atoms with E-state index >= 15 is 0 Å². The minimum atomic E-state index is 0.0925. The van der Waals surface area contributed by atoms with E-state index in [-0.39, 0.29) is 12.1 Å². The van der Waals surface area contributed by atoms with Crippen molar-refractivity contribution in [3.8, 4) is 0 Å². The topological polar surface area (TPSA) is 35.2 Å². The quantitative estimate of drug-likeness (QED) is 0.779. The second-order valence-electron chi connectivity index (χ2n) is 3.73. The van der Waals surface area contributed by atoms with Gasteiger partial charge in [0.2, 0.25) is 0 Å². The van der Waals surface area contributed by atoms with Crippen molar-refractivity contribution in [3.63, 3.8) is 0 Å². The number of hydrogen-bond acceptors (Lipinski definition) is 2. The van der Waals surface area contributed by atoms with Gasteiger partial charge in [-0.1, -0.05) is 30.3 Å². The van der Waals surface area contributed by atoms with Crippen LogP contribution >= 0.6 is 0 Å². The van der Waals surface area contributed by atoms with Crippen LogP contribution in [0.5, 0.6) is 0 Å². The predicted octanol–water partition coefficient (Wildman–Crippen LogP) is 2.50. The van der Waals surface area contributed by atoms with Crippen molar-refractivity contribution in [2.45, 2.75) is 32.4 Å². The number of ether oxygens (including phenoxy) is 1. The van der Waals surface area contributed by atoms with Gasteiger partial charge in [0.25, 0.3) is 0 Å². The zero-order chi connectivity index (χ0) is 10.4. The Balaban J connectivity index is 2.32. The van der Waals surface area contributed by atoms with Gasteiger partial charge in [-0.15, -0.1) is 0 Å². The van der Waals surface area contributed by atoms with Gasteiger partial charge >= 0.3 is 0 Å². The lowest BCUT2D eigenvalue weighted by Gasteiger charge is -2.13.